The Morgan fingerprint density at radius 3 is 2.71 bits per heavy atom. The number of aliphatic imine (C=N–C) groups is 1. The molecule has 1 fully saturated rings. The van der Waals surface area contributed by atoms with E-state index in [2.05, 4.69) is 91.5 Å². The van der Waals surface area contributed by atoms with Crippen molar-refractivity contribution in [2.24, 2.45) is 10.7 Å². The second kappa shape index (κ2) is 10.1. The van der Waals surface area contributed by atoms with Crippen LogP contribution in [0.5, 0.6) is 0 Å². The van der Waals surface area contributed by atoms with E-state index in [0.717, 1.165) is 74.1 Å². The number of amidine groups is 1. The first-order valence-electron chi connectivity index (χ1n) is 12.5. The Balaban J connectivity index is 1.73. The van der Waals surface area contributed by atoms with Gasteiger partial charge in [-0.2, -0.15) is 0 Å². The molecule has 3 N–H and O–H groups in total. The molecule has 1 aromatic carbocycles. The molecule has 1 unspecified atom stereocenters. The van der Waals surface area contributed by atoms with Gasteiger partial charge in [0.15, 0.2) is 0 Å². The minimum atomic E-state index is 0.130. The van der Waals surface area contributed by atoms with Crippen molar-refractivity contribution in [1.82, 2.24) is 20.0 Å². The number of likely N-dealkylation sites (tertiary alicyclic amines) is 1. The van der Waals surface area contributed by atoms with Crippen LogP contribution < -0.4 is 11.1 Å². The van der Waals surface area contributed by atoms with Crippen molar-refractivity contribution in [1.29, 1.82) is 0 Å². The summed E-state index contributed by atoms with van der Waals surface area (Å²) in [6.45, 7) is 16.0. The van der Waals surface area contributed by atoms with Gasteiger partial charge in [-0.25, -0.2) is 4.99 Å². The summed E-state index contributed by atoms with van der Waals surface area (Å²) >= 11 is 0. The summed E-state index contributed by atoms with van der Waals surface area (Å²) in [5.74, 6) is 2.94. The molecule has 3 aliphatic heterocycles. The Hall–Kier alpha value is -2.99. The van der Waals surface area contributed by atoms with Crippen LogP contribution >= 0.6 is 0 Å². The van der Waals surface area contributed by atoms with Crippen molar-refractivity contribution in [2.75, 3.05) is 33.7 Å². The predicted octanol–water partition coefficient (Wildman–Crippen LogP) is 3.83. The second-order valence-corrected chi connectivity index (χ2v) is 9.80. The maximum Gasteiger partial charge on any atom is 0.136 e. The summed E-state index contributed by atoms with van der Waals surface area (Å²) in [4.78, 5) is 11.7. The molecule has 3 aliphatic rings. The van der Waals surface area contributed by atoms with Gasteiger partial charge >= 0.3 is 0 Å². The van der Waals surface area contributed by atoms with Gasteiger partial charge in [-0.05, 0) is 55.9 Å². The molecule has 0 radical (unpaired) electrons. The fraction of sp³-hybridized carbons (Fsp3) is 0.464. The standard InChI is InChI=1S/C28H40N6/c1-7-25-20(3)16-27-31-28(34-14-12-23(29)18-34)17-26(33(27)6)30-13-8-9-22-11-10-19(2)15-24(22)21(4)32(25)5/h10-11,15-17,23,25,30H,3-4,7-9,12-14,18,29H2,1-2,5-6H3/b27-16-/t23-,25?/m0/s1. The van der Waals surface area contributed by atoms with Gasteiger partial charge in [-0.3, -0.25) is 0 Å². The molecule has 1 saturated heterocycles. The maximum atomic E-state index is 6.20. The lowest BCUT2D eigenvalue weighted by Crippen LogP contribution is -2.38. The number of rotatable bonds is 1. The first-order valence-corrected chi connectivity index (χ1v) is 12.5. The summed E-state index contributed by atoms with van der Waals surface area (Å²) in [5.41, 5.74) is 12.1. The fourth-order valence-corrected chi connectivity index (χ4v) is 5.12. The molecule has 0 aromatic heterocycles. The highest BCUT2D eigenvalue weighted by Crippen LogP contribution is 2.29. The van der Waals surface area contributed by atoms with Gasteiger partial charge in [0.25, 0.3) is 0 Å². The lowest BCUT2D eigenvalue weighted by molar-refractivity contribution is 0.382. The van der Waals surface area contributed by atoms with Crippen LogP contribution in [-0.4, -0.2) is 66.3 Å². The van der Waals surface area contributed by atoms with Crippen LogP contribution in [0.2, 0.25) is 0 Å². The molecule has 3 heterocycles. The average Bonchev–Trinajstić information content (AvgIpc) is 3.25. The minimum Gasteiger partial charge on any atom is -0.371 e. The average molecular weight is 461 g/mol. The Kier molecular flexibility index (Phi) is 7.17. The number of benzene rings is 1. The van der Waals surface area contributed by atoms with Gasteiger partial charge in [0.1, 0.15) is 17.5 Å². The largest absolute Gasteiger partial charge is 0.371 e. The van der Waals surface area contributed by atoms with Crippen molar-refractivity contribution in [3.05, 3.63) is 77.4 Å². The summed E-state index contributed by atoms with van der Waals surface area (Å²) in [6, 6.07) is 7.07. The fourth-order valence-electron chi connectivity index (χ4n) is 5.12. The molecule has 34 heavy (non-hydrogen) atoms. The highest BCUT2D eigenvalue weighted by molar-refractivity contribution is 5.95. The highest BCUT2D eigenvalue weighted by Gasteiger charge is 2.27. The number of aryl methyl sites for hydroxylation is 2. The SMILES string of the molecule is C=C1/C=C2/N=C(N3CC[C@H](N)C3)C=C(NCCCc3ccc(C)cc3C(=C)N(C)C1CC)N2C. The Morgan fingerprint density at radius 1 is 1.21 bits per heavy atom. The molecule has 182 valence electrons. The summed E-state index contributed by atoms with van der Waals surface area (Å²) < 4.78 is 0. The smallest absolute Gasteiger partial charge is 0.136 e. The number of likely N-dealkylation sites (N-methyl/N-ethyl adjacent to an activating group) is 1. The van der Waals surface area contributed by atoms with Gasteiger partial charge in [0.2, 0.25) is 0 Å². The van der Waals surface area contributed by atoms with Crippen molar-refractivity contribution in [2.45, 2.75) is 51.6 Å². The quantitative estimate of drug-likeness (QED) is 0.667. The van der Waals surface area contributed by atoms with Crippen LogP contribution in [0, 0.1) is 6.92 Å². The number of fused-ring (bicyclic) bond motifs is 3. The summed E-state index contributed by atoms with van der Waals surface area (Å²) in [5, 5.41) is 3.67. The zero-order valence-electron chi connectivity index (χ0n) is 21.3. The first kappa shape index (κ1) is 24.1. The third-order valence-corrected chi connectivity index (χ3v) is 7.28. The molecule has 2 bridgehead atoms. The highest BCUT2D eigenvalue weighted by atomic mass is 15.3. The lowest BCUT2D eigenvalue weighted by atomic mass is 9.96. The molecule has 0 spiro atoms. The number of hydrogen-bond acceptors (Lipinski definition) is 6. The molecular weight excluding hydrogens is 420 g/mol. The number of hydrogen-bond donors (Lipinski definition) is 2. The van der Waals surface area contributed by atoms with Crippen LogP contribution in [0.25, 0.3) is 5.70 Å². The van der Waals surface area contributed by atoms with Crippen molar-refractivity contribution in [3.63, 3.8) is 0 Å². The van der Waals surface area contributed by atoms with E-state index in [1.165, 1.54) is 16.7 Å². The maximum absolute atomic E-state index is 6.20. The number of nitrogens with zero attached hydrogens (tertiary/aromatic N) is 4. The van der Waals surface area contributed by atoms with Crippen LogP contribution in [0.15, 0.2) is 65.7 Å². The van der Waals surface area contributed by atoms with Crippen LogP contribution in [-0.2, 0) is 6.42 Å². The topological polar surface area (TPSA) is 60.1 Å². The van der Waals surface area contributed by atoms with Crippen LogP contribution in [0.3, 0.4) is 0 Å². The molecule has 0 amide bonds. The minimum absolute atomic E-state index is 0.130. The first-order chi connectivity index (χ1) is 16.3. The van der Waals surface area contributed by atoms with E-state index in [4.69, 9.17) is 10.7 Å². The van der Waals surface area contributed by atoms with Gasteiger partial charge in [-0.15, -0.1) is 0 Å². The van der Waals surface area contributed by atoms with Gasteiger partial charge in [0.05, 0.1) is 6.04 Å². The third-order valence-electron chi connectivity index (χ3n) is 7.28. The molecule has 6 nitrogen and oxygen atoms in total. The van der Waals surface area contributed by atoms with Gasteiger partial charge in [0, 0.05) is 57.1 Å². The van der Waals surface area contributed by atoms with Crippen molar-refractivity contribution in [3.8, 4) is 0 Å². The summed E-state index contributed by atoms with van der Waals surface area (Å²) in [6.07, 6.45) is 8.25. The van der Waals surface area contributed by atoms with E-state index in [0.29, 0.717) is 0 Å². The van der Waals surface area contributed by atoms with Crippen LogP contribution in [0.4, 0.5) is 0 Å². The number of nitrogens with one attached hydrogen (secondary N) is 1. The van der Waals surface area contributed by atoms with E-state index < -0.39 is 0 Å². The lowest BCUT2D eigenvalue weighted by Gasteiger charge is -2.35. The molecule has 6 heteroatoms. The molecular formula is C28H40N6. The van der Waals surface area contributed by atoms with Gasteiger partial charge in [-0.1, -0.05) is 37.8 Å². The monoisotopic (exact) mass is 460 g/mol. The number of nitrogens with two attached hydrogens (primary N) is 1. The second-order valence-electron chi connectivity index (χ2n) is 9.80. The van der Waals surface area contributed by atoms with E-state index in [9.17, 15) is 0 Å². The summed E-state index contributed by atoms with van der Waals surface area (Å²) in [7, 11) is 4.21. The molecule has 0 aliphatic carbocycles. The zero-order valence-corrected chi connectivity index (χ0v) is 21.3. The Labute approximate surface area is 205 Å². The van der Waals surface area contributed by atoms with Crippen molar-refractivity contribution >= 4 is 11.5 Å². The van der Waals surface area contributed by atoms with E-state index in [-0.39, 0.29) is 12.1 Å². The van der Waals surface area contributed by atoms with E-state index in [1.807, 2.05) is 0 Å². The third kappa shape index (κ3) is 4.92. The van der Waals surface area contributed by atoms with Gasteiger partial charge < -0.3 is 25.8 Å². The normalized spacial score (nSPS) is 25.7. The molecule has 2 atom stereocenters. The zero-order chi connectivity index (χ0) is 24.4. The molecule has 0 saturated carbocycles. The Bertz CT molecular complexity index is 1050. The van der Waals surface area contributed by atoms with Crippen molar-refractivity contribution < 1.29 is 0 Å². The van der Waals surface area contributed by atoms with E-state index in [1.54, 1.807) is 0 Å². The molecule has 4 rings (SSSR count). The van der Waals surface area contributed by atoms with Crippen LogP contribution in [0.1, 0.15) is 42.9 Å². The predicted molar refractivity (Wildman–Crippen MR) is 143 cm³/mol. The molecule has 1 aromatic rings. The van der Waals surface area contributed by atoms with E-state index >= 15 is 0 Å². The Morgan fingerprint density at radius 2 is 2.00 bits per heavy atom.